The van der Waals surface area contributed by atoms with Crippen molar-refractivity contribution in [3.63, 3.8) is 0 Å². The van der Waals surface area contributed by atoms with Gasteiger partial charge in [0.1, 0.15) is 5.75 Å². The molecular formula is C19H24N4O3. The monoisotopic (exact) mass is 356 g/mol. The van der Waals surface area contributed by atoms with E-state index in [-0.39, 0.29) is 17.4 Å². The van der Waals surface area contributed by atoms with Crippen LogP contribution in [0, 0.1) is 5.92 Å². The molecule has 1 aromatic carbocycles. The Kier molecular flexibility index (Phi) is 5.55. The summed E-state index contributed by atoms with van der Waals surface area (Å²) in [7, 11) is 3.25. The molecule has 26 heavy (non-hydrogen) atoms. The first kappa shape index (κ1) is 18.0. The molecule has 7 heteroatoms. The highest BCUT2D eigenvalue weighted by Gasteiger charge is 2.26. The predicted molar refractivity (Wildman–Crippen MR) is 99.3 cm³/mol. The third-order valence-electron chi connectivity index (χ3n) is 4.71. The van der Waals surface area contributed by atoms with Crippen LogP contribution >= 0.6 is 0 Å². The highest BCUT2D eigenvalue weighted by molar-refractivity contribution is 5.79. The minimum atomic E-state index is -0.146. The number of piperidine rings is 1. The van der Waals surface area contributed by atoms with Gasteiger partial charge in [0.05, 0.1) is 24.9 Å². The molecule has 1 saturated heterocycles. The molecule has 1 aliphatic rings. The lowest BCUT2D eigenvalue weighted by molar-refractivity contribution is -0.125. The summed E-state index contributed by atoms with van der Waals surface area (Å²) in [4.78, 5) is 26.4. The minimum absolute atomic E-state index is 0.0364. The van der Waals surface area contributed by atoms with E-state index in [4.69, 9.17) is 4.74 Å². The standard InChI is InChI=1S/C19H24N4O3/c1-22-18(24)10-16(12-21-22)23-8-4-6-15(13-23)19(25)20-11-14-5-3-7-17(9-14)26-2/h3,5,7,9-10,12,15H,4,6,8,11,13H2,1-2H3,(H,20,25). The Morgan fingerprint density at radius 2 is 2.23 bits per heavy atom. The molecule has 1 unspecified atom stereocenters. The molecule has 0 spiro atoms. The third kappa shape index (κ3) is 4.22. The van der Waals surface area contributed by atoms with Gasteiger partial charge in [0.15, 0.2) is 0 Å². The van der Waals surface area contributed by atoms with Gasteiger partial charge in [-0.1, -0.05) is 12.1 Å². The summed E-state index contributed by atoms with van der Waals surface area (Å²) in [5, 5.41) is 7.08. The number of hydrogen-bond donors (Lipinski definition) is 1. The van der Waals surface area contributed by atoms with E-state index in [1.54, 1.807) is 26.4 Å². The molecule has 2 aromatic rings. The second kappa shape index (κ2) is 8.03. The van der Waals surface area contributed by atoms with Gasteiger partial charge >= 0.3 is 0 Å². The molecule has 138 valence electrons. The zero-order valence-corrected chi connectivity index (χ0v) is 15.1. The molecule has 7 nitrogen and oxygen atoms in total. The summed E-state index contributed by atoms with van der Waals surface area (Å²) in [6.07, 6.45) is 3.43. The maximum Gasteiger partial charge on any atom is 0.268 e. The van der Waals surface area contributed by atoms with Gasteiger partial charge in [0, 0.05) is 32.7 Å². The number of carbonyl (C=O) groups is 1. The maximum atomic E-state index is 12.6. The van der Waals surface area contributed by atoms with Crippen molar-refractivity contribution >= 4 is 11.6 Å². The first-order valence-electron chi connectivity index (χ1n) is 8.76. The quantitative estimate of drug-likeness (QED) is 0.874. The van der Waals surface area contributed by atoms with Crippen molar-refractivity contribution in [1.29, 1.82) is 0 Å². The molecule has 3 rings (SSSR count). The van der Waals surface area contributed by atoms with Crippen LogP contribution in [0.25, 0.3) is 0 Å². The lowest BCUT2D eigenvalue weighted by Gasteiger charge is -2.33. The fraction of sp³-hybridized carbons (Fsp3) is 0.421. The SMILES string of the molecule is COc1cccc(CNC(=O)C2CCCN(c3cnn(C)c(=O)c3)C2)c1. The average Bonchev–Trinajstić information content (AvgIpc) is 2.68. The van der Waals surface area contributed by atoms with Crippen molar-refractivity contribution in [3.8, 4) is 5.75 Å². The largest absolute Gasteiger partial charge is 0.497 e. The number of amides is 1. The second-order valence-electron chi connectivity index (χ2n) is 6.53. The van der Waals surface area contributed by atoms with E-state index in [0.717, 1.165) is 36.4 Å². The van der Waals surface area contributed by atoms with Crippen LogP contribution in [-0.4, -0.2) is 35.9 Å². The Labute approximate surface area is 152 Å². The zero-order valence-electron chi connectivity index (χ0n) is 15.1. The maximum absolute atomic E-state index is 12.6. The number of benzene rings is 1. The number of aryl methyl sites for hydroxylation is 1. The van der Waals surface area contributed by atoms with E-state index in [0.29, 0.717) is 13.1 Å². The number of ether oxygens (including phenoxy) is 1. The van der Waals surface area contributed by atoms with Crippen LogP contribution in [0.3, 0.4) is 0 Å². The number of hydrogen-bond acceptors (Lipinski definition) is 5. The number of anilines is 1. The van der Waals surface area contributed by atoms with Crippen molar-refractivity contribution in [3.05, 3.63) is 52.4 Å². The number of nitrogens with zero attached hydrogens (tertiary/aromatic N) is 3. The van der Waals surface area contributed by atoms with Crippen LogP contribution in [0.4, 0.5) is 5.69 Å². The fourth-order valence-electron chi connectivity index (χ4n) is 3.17. The van der Waals surface area contributed by atoms with Gasteiger partial charge in [-0.3, -0.25) is 9.59 Å². The predicted octanol–water partition coefficient (Wildman–Crippen LogP) is 1.32. The summed E-state index contributed by atoms with van der Waals surface area (Å²) >= 11 is 0. The molecule has 2 heterocycles. The first-order valence-corrected chi connectivity index (χ1v) is 8.76. The van der Waals surface area contributed by atoms with Crippen LogP contribution in [-0.2, 0) is 18.4 Å². The summed E-state index contributed by atoms with van der Waals surface area (Å²) in [6, 6.07) is 9.23. The number of carbonyl (C=O) groups excluding carboxylic acids is 1. The van der Waals surface area contributed by atoms with Crippen LogP contribution in [0.15, 0.2) is 41.3 Å². The summed E-state index contributed by atoms with van der Waals surface area (Å²) < 4.78 is 6.50. The van der Waals surface area contributed by atoms with E-state index >= 15 is 0 Å². The number of methoxy groups -OCH3 is 1. The summed E-state index contributed by atoms with van der Waals surface area (Å²) in [6.45, 7) is 1.90. The van der Waals surface area contributed by atoms with E-state index in [2.05, 4.69) is 15.3 Å². The lowest BCUT2D eigenvalue weighted by atomic mass is 9.96. The Balaban J connectivity index is 1.60. The molecule has 1 aliphatic heterocycles. The number of rotatable bonds is 5. The highest BCUT2D eigenvalue weighted by atomic mass is 16.5. The van der Waals surface area contributed by atoms with Crippen LogP contribution in [0.1, 0.15) is 18.4 Å². The van der Waals surface area contributed by atoms with Gasteiger partial charge in [-0.25, -0.2) is 4.68 Å². The average molecular weight is 356 g/mol. The van der Waals surface area contributed by atoms with Gasteiger partial charge in [0.2, 0.25) is 5.91 Å². The molecule has 1 amide bonds. The van der Waals surface area contributed by atoms with Crippen molar-refractivity contribution in [1.82, 2.24) is 15.1 Å². The van der Waals surface area contributed by atoms with E-state index in [1.807, 2.05) is 24.3 Å². The minimum Gasteiger partial charge on any atom is -0.497 e. The van der Waals surface area contributed by atoms with Crippen molar-refractivity contribution in [2.45, 2.75) is 19.4 Å². The molecule has 1 N–H and O–H groups in total. The molecule has 0 bridgehead atoms. The van der Waals surface area contributed by atoms with Crippen LogP contribution in [0.5, 0.6) is 5.75 Å². The highest BCUT2D eigenvalue weighted by Crippen LogP contribution is 2.22. The Morgan fingerprint density at radius 3 is 3.00 bits per heavy atom. The summed E-state index contributed by atoms with van der Waals surface area (Å²) in [5.41, 5.74) is 1.63. The zero-order chi connectivity index (χ0) is 18.5. The third-order valence-corrected chi connectivity index (χ3v) is 4.71. The fourth-order valence-corrected chi connectivity index (χ4v) is 3.17. The molecule has 1 fully saturated rings. The van der Waals surface area contributed by atoms with Gasteiger partial charge in [0.25, 0.3) is 5.56 Å². The van der Waals surface area contributed by atoms with Crippen molar-refractivity contribution < 1.29 is 9.53 Å². The van der Waals surface area contributed by atoms with Crippen molar-refractivity contribution in [2.75, 3.05) is 25.1 Å². The van der Waals surface area contributed by atoms with Crippen molar-refractivity contribution in [2.24, 2.45) is 13.0 Å². The van der Waals surface area contributed by atoms with Gasteiger partial charge in [-0.05, 0) is 30.5 Å². The first-order chi connectivity index (χ1) is 12.6. The molecule has 0 aliphatic carbocycles. The topological polar surface area (TPSA) is 76.5 Å². The van der Waals surface area contributed by atoms with Gasteiger partial charge in [-0.2, -0.15) is 5.10 Å². The summed E-state index contributed by atoms with van der Waals surface area (Å²) in [5.74, 6) is 0.714. The normalized spacial score (nSPS) is 17.0. The van der Waals surface area contributed by atoms with Gasteiger partial charge < -0.3 is 15.0 Å². The molecular weight excluding hydrogens is 332 g/mol. The molecule has 0 saturated carbocycles. The van der Waals surface area contributed by atoms with E-state index in [1.165, 1.54) is 4.68 Å². The molecule has 0 radical (unpaired) electrons. The number of nitrogens with one attached hydrogen (secondary N) is 1. The molecule has 1 atom stereocenters. The Morgan fingerprint density at radius 1 is 1.38 bits per heavy atom. The van der Waals surface area contributed by atoms with Crippen LogP contribution in [0.2, 0.25) is 0 Å². The Bertz CT molecular complexity index is 834. The van der Waals surface area contributed by atoms with E-state index in [9.17, 15) is 9.59 Å². The van der Waals surface area contributed by atoms with E-state index < -0.39 is 0 Å². The number of aromatic nitrogens is 2. The lowest BCUT2D eigenvalue weighted by Crippen LogP contribution is -2.43. The smallest absolute Gasteiger partial charge is 0.268 e. The van der Waals surface area contributed by atoms with Gasteiger partial charge in [-0.15, -0.1) is 0 Å². The Hall–Kier alpha value is -2.83. The second-order valence-corrected chi connectivity index (χ2v) is 6.53. The van der Waals surface area contributed by atoms with Crippen LogP contribution < -0.4 is 20.5 Å². The molecule has 1 aromatic heterocycles.